The molecule has 0 amide bonds. The Hall–Kier alpha value is -2.37. The SMILES string of the molecule is CC(C)(C)OOc1ccccc1C(O)(C(=O)O)c1ccccc1. The van der Waals surface area contributed by atoms with Gasteiger partial charge in [0.25, 0.3) is 0 Å². The predicted octanol–water partition coefficient (Wildman–Crippen LogP) is 3.12. The molecule has 0 aliphatic rings. The van der Waals surface area contributed by atoms with Crippen LogP contribution in [0.1, 0.15) is 31.9 Å². The van der Waals surface area contributed by atoms with Gasteiger partial charge < -0.3 is 15.1 Å². The largest absolute Gasteiger partial charge is 0.479 e. The molecule has 2 N–H and O–H groups in total. The van der Waals surface area contributed by atoms with Crippen molar-refractivity contribution in [3.63, 3.8) is 0 Å². The third-order valence-electron chi connectivity index (χ3n) is 3.16. The van der Waals surface area contributed by atoms with Gasteiger partial charge in [-0.1, -0.05) is 48.5 Å². The summed E-state index contributed by atoms with van der Waals surface area (Å²) in [7, 11) is 0. The number of aliphatic hydroxyl groups is 1. The summed E-state index contributed by atoms with van der Waals surface area (Å²) < 4.78 is 0. The quantitative estimate of drug-likeness (QED) is 0.655. The summed E-state index contributed by atoms with van der Waals surface area (Å²) >= 11 is 0. The van der Waals surface area contributed by atoms with Crippen LogP contribution in [-0.4, -0.2) is 21.8 Å². The maximum absolute atomic E-state index is 11.8. The fourth-order valence-corrected chi connectivity index (χ4v) is 2.08. The number of hydrogen-bond acceptors (Lipinski definition) is 4. The number of hydrogen-bond donors (Lipinski definition) is 2. The smallest absolute Gasteiger partial charge is 0.345 e. The number of carboxylic acid groups (broad SMARTS) is 1. The van der Waals surface area contributed by atoms with E-state index >= 15 is 0 Å². The average Bonchev–Trinajstić information content (AvgIpc) is 2.52. The summed E-state index contributed by atoms with van der Waals surface area (Å²) in [6.07, 6.45) is 0. The topological polar surface area (TPSA) is 76.0 Å². The molecule has 0 aliphatic heterocycles. The Morgan fingerprint density at radius 3 is 2.09 bits per heavy atom. The Morgan fingerprint density at radius 2 is 1.52 bits per heavy atom. The van der Waals surface area contributed by atoms with Crippen molar-refractivity contribution < 1.29 is 24.8 Å². The molecule has 0 spiro atoms. The standard InChI is InChI=1S/C18H20O5/c1-17(2,3)23-22-15-12-8-7-11-14(15)18(21,16(19)20)13-9-5-4-6-10-13/h4-12,21H,1-3H3,(H,19,20). The van der Waals surface area contributed by atoms with Crippen molar-refractivity contribution >= 4 is 5.97 Å². The molecule has 2 rings (SSSR count). The minimum absolute atomic E-state index is 0.1000. The average molecular weight is 316 g/mol. The van der Waals surface area contributed by atoms with Gasteiger partial charge in [0, 0.05) is 5.56 Å². The highest BCUT2D eigenvalue weighted by Crippen LogP contribution is 2.36. The summed E-state index contributed by atoms with van der Waals surface area (Å²) in [6, 6.07) is 14.5. The fraction of sp³-hybridized carbons (Fsp3) is 0.278. The molecule has 0 bridgehead atoms. The van der Waals surface area contributed by atoms with E-state index in [1.165, 1.54) is 6.07 Å². The number of benzene rings is 2. The zero-order chi connectivity index (χ0) is 17.1. The van der Waals surface area contributed by atoms with E-state index in [2.05, 4.69) is 0 Å². The first kappa shape index (κ1) is 17.0. The van der Waals surface area contributed by atoms with E-state index in [9.17, 15) is 15.0 Å². The summed E-state index contributed by atoms with van der Waals surface area (Å²) in [4.78, 5) is 22.4. The second-order valence-corrected chi connectivity index (χ2v) is 6.16. The minimum Gasteiger partial charge on any atom is -0.479 e. The zero-order valence-corrected chi connectivity index (χ0v) is 13.3. The number of para-hydroxylation sites is 1. The molecule has 122 valence electrons. The number of carbonyl (C=O) groups is 1. The van der Waals surface area contributed by atoms with Gasteiger partial charge in [-0.2, -0.15) is 4.89 Å². The van der Waals surface area contributed by atoms with Crippen molar-refractivity contribution in [3.8, 4) is 5.75 Å². The van der Waals surface area contributed by atoms with Crippen LogP contribution in [0.5, 0.6) is 5.75 Å². The Bertz CT molecular complexity index is 675. The van der Waals surface area contributed by atoms with Crippen LogP contribution in [0.15, 0.2) is 54.6 Å². The van der Waals surface area contributed by atoms with Crippen molar-refractivity contribution in [2.45, 2.75) is 32.0 Å². The maximum Gasteiger partial charge on any atom is 0.345 e. The van der Waals surface area contributed by atoms with Crippen LogP contribution in [0, 0.1) is 0 Å². The van der Waals surface area contributed by atoms with Gasteiger partial charge in [-0.25, -0.2) is 4.79 Å². The van der Waals surface area contributed by atoms with Crippen LogP contribution >= 0.6 is 0 Å². The van der Waals surface area contributed by atoms with Crippen LogP contribution in [0.25, 0.3) is 0 Å². The second-order valence-electron chi connectivity index (χ2n) is 6.16. The van der Waals surface area contributed by atoms with E-state index in [0.717, 1.165) is 0 Å². The van der Waals surface area contributed by atoms with Crippen molar-refractivity contribution in [1.29, 1.82) is 0 Å². The highest BCUT2D eigenvalue weighted by Gasteiger charge is 2.42. The molecule has 0 aliphatic carbocycles. The molecule has 5 heteroatoms. The third kappa shape index (κ3) is 3.70. The first-order valence-electron chi connectivity index (χ1n) is 7.21. The van der Waals surface area contributed by atoms with Gasteiger partial charge >= 0.3 is 5.97 Å². The summed E-state index contributed by atoms with van der Waals surface area (Å²) in [5, 5.41) is 20.6. The Balaban J connectivity index is 2.51. The van der Waals surface area contributed by atoms with Crippen LogP contribution in [0.3, 0.4) is 0 Å². The maximum atomic E-state index is 11.8. The zero-order valence-electron chi connectivity index (χ0n) is 13.3. The van der Waals surface area contributed by atoms with E-state index in [0.29, 0.717) is 0 Å². The molecule has 1 atom stereocenters. The highest BCUT2D eigenvalue weighted by molar-refractivity contribution is 5.84. The van der Waals surface area contributed by atoms with Crippen molar-refractivity contribution in [2.24, 2.45) is 0 Å². The summed E-state index contributed by atoms with van der Waals surface area (Å²) in [5.74, 6) is -1.24. The molecule has 0 radical (unpaired) electrons. The van der Waals surface area contributed by atoms with Gasteiger partial charge in [-0.05, 0) is 32.4 Å². The molecule has 0 heterocycles. The molecule has 0 fully saturated rings. The van der Waals surface area contributed by atoms with Crippen molar-refractivity contribution in [2.75, 3.05) is 0 Å². The molecule has 2 aromatic rings. The predicted molar refractivity (Wildman–Crippen MR) is 85.0 cm³/mol. The number of aliphatic carboxylic acids is 1. The summed E-state index contributed by atoms with van der Waals surface area (Å²) in [5.41, 5.74) is -2.48. The molecule has 2 aromatic carbocycles. The first-order chi connectivity index (χ1) is 10.7. The lowest BCUT2D eigenvalue weighted by Crippen LogP contribution is -2.37. The lowest BCUT2D eigenvalue weighted by atomic mass is 9.86. The molecule has 23 heavy (non-hydrogen) atoms. The van der Waals surface area contributed by atoms with Gasteiger partial charge in [-0.3, -0.25) is 0 Å². The van der Waals surface area contributed by atoms with E-state index in [1.54, 1.807) is 69.3 Å². The summed E-state index contributed by atoms with van der Waals surface area (Å²) in [6.45, 7) is 5.41. The Kier molecular flexibility index (Phi) is 4.73. The van der Waals surface area contributed by atoms with Gasteiger partial charge in [0.15, 0.2) is 5.75 Å². The molecule has 0 aromatic heterocycles. The Morgan fingerprint density at radius 1 is 0.957 bits per heavy atom. The van der Waals surface area contributed by atoms with Gasteiger partial charge in [0.2, 0.25) is 5.60 Å². The second kappa shape index (κ2) is 6.40. The molecular weight excluding hydrogens is 296 g/mol. The normalized spacial score (nSPS) is 14.1. The van der Waals surface area contributed by atoms with Crippen molar-refractivity contribution in [1.82, 2.24) is 0 Å². The monoisotopic (exact) mass is 316 g/mol. The molecule has 1 unspecified atom stereocenters. The number of rotatable bonds is 5. The van der Waals surface area contributed by atoms with E-state index < -0.39 is 17.2 Å². The van der Waals surface area contributed by atoms with Crippen LogP contribution in [-0.2, 0) is 15.3 Å². The van der Waals surface area contributed by atoms with Crippen LogP contribution in [0.2, 0.25) is 0 Å². The first-order valence-corrected chi connectivity index (χ1v) is 7.21. The molecule has 0 saturated heterocycles. The van der Waals surface area contributed by atoms with E-state index in [-0.39, 0.29) is 16.9 Å². The van der Waals surface area contributed by atoms with Crippen molar-refractivity contribution in [3.05, 3.63) is 65.7 Å². The van der Waals surface area contributed by atoms with Crippen LogP contribution in [0.4, 0.5) is 0 Å². The van der Waals surface area contributed by atoms with Gasteiger partial charge in [-0.15, -0.1) is 0 Å². The number of carboxylic acids is 1. The van der Waals surface area contributed by atoms with Crippen LogP contribution < -0.4 is 4.89 Å². The molecule has 5 nitrogen and oxygen atoms in total. The van der Waals surface area contributed by atoms with E-state index in [4.69, 9.17) is 9.78 Å². The fourth-order valence-electron chi connectivity index (χ4n) is 2.08. The lowest BCUT2D eigenvalue weighted by molar-refractivity contribution is -0.275. The lowest BCUT2D eigenvalue weighted by Gasteiger charge is -2.27. The molecular formula is C18H20O5. The Labute approximate surface area is 135 Å². The minimum atomic E-state index is -2.24. The highest BCUT2D eigenvalue weighted by atomic mass is 17.2. The van der Waals surface area contributed by atoms with Gasteiger partial charge in [0.05, 0.1) is 0 Å². The third-order valence-corrected chi connectivity index (χ3v) is 3.16. The van der Waals surface area contributed by atoms with Gasteiger partial charge in [0.1, 0.15) is 5.60 Å². The molecule has 0 saturated carbocycles. The van der Waals surface area contributed by atoms with E-state index in [1.807, 2.05) is 0 Å².